The molecule has 1 fully saturated rings. The number of hydrogen-bond acceptors (Lipinski definition) is 3. The highest BCUT2D eigenvalue weighted by Crippen LogP contribution is 2.07. The van der Waals surface area contributed by atoms with Crippen LogP contribution in [0.4, 0.5) is 4.79 Å². The van der Waals surface area contributed by atoms with Crippen molar-refractivity contribution in [3.63, 3.8) is 0 Å². The van der Waals surface area contributed by atoms with Gasteiger partial charge in [0, 0.05) is 13.0 Å². The lowest BCUT2D eigenvalue weighted by molar-refractivity contribution is -0.125. The first-order valence-electron chi connectivity index (χ1n) is 3.87. The van der Waals surface area contributed by atoms with Crippen LogP contribution in [0.5, 0.6) is 0 Å². The van der Waals surface area contributed by atoms with Gasteiger partial charge in [-0.05, 0) is 6.42 Å². The van der Waals surface area contributed by atoms with Gasteiger partial charge in [0.25, 0.3) is 0 Å². The summed E-state index contributed by atoms with van der Waals surface area (Å²) in [6.45, 7) is 3.75. The highest BCUT2D eigenvalue weighted by molar-refractivity contribution is 5.94. The van der Waals surface area contributed by atoms with Crippen molar-refractivity contribution in [3.8, 4) is 0 Å². The lowest BCUT2D eigenvalue weighted by atomic mass is 10.4. The van der Waals surface area contributed by atoms with E-state index in [1.165, 1.54) is 6.26 Å². The van der Waals surface area contributed by atoms with E-state index in [4.69, 9.17) is 5.73 Å². The molecular formula is C8H14N2O3. The van der Waals surface area contributed by atoms with Gasteiger partial charge < -0.3 is 10.5 Å². The van der Waals surface area contributed by atoms with Crippen LogP contribution in [0.2, 0.25) is 0 Å². The van der Waals surface area contributed by atoms with Crippen molar-refractivity contribution in [2.45, 2.75) is 12.8 Å². The van der Waals surface area contributed by atoms with Crippen LogP contribution in [-0.4, -0.2) is 30.5 Å². The zero-order valence-electron chi connectivity index (χ0n) is 7.66. The minimum atomic E-state index is -0.627. The Balaban J connectivity index is 0.000000310. The summed E-state index contributed by atoms with van der Waals surface area (Å²) >= 11 is 0. The minimum absolute atomic E-state index is 0.150. The molecule has 1 aliphatic heterocycles. The molecule has 1 heterocycles. The van der Waals surface area contributed by atoms with Gasteiger partial charge in [-0.15, -0.1) is 0 Å². The first-order chi connectivity index (χ1) is 6.13. The van der Waals surface area contributed by atoms with E-state index < -0.39 is 6.03 Å². The molecule has 0 aliphatic carbocycles. The second-order valence-electron chi connectivity index (χ2n) is 2.39. The third-order valence-electron chi connectivity index (χ3n) is 1.51. The van der Waals surface area contributed by atoms with Crippen LogP contribution in [0.1, 0.15) is 12.8 Å². The van der Waals surface area contributed by atoms with Crippen molar-refractivity contribution in [2.75, 3.05) is 13.7 Å². The highest BCUT2D eigenvalue weighted by atomic mass is 16.5. The fourth-order valence-corrected chi connectivity index (χ4v) is 0.881. The minimum Gasteiger partial charge on any atom is -0.505 e. The molecule has 5 heteroatoms. The van der Waals surface area contributed by atoms with Gasteiger partial charge in [0.2, 0.25) is 5.91 Å². The number of amides is 3. The second kappa shape index (κ2) is 6.05. The zero-order valence-corrected chi connectivity index (χ0v) is 7.66. The van der Waals surface area contributed by atoms with Gasteiger partial charge in [-0.2, -0.15) is 0 Å². The highest BCUT2D eigenvalue weighted by Gasteiger charge is 2.23. The van der Waals surface area contributed by atoms with Crippen LogP contribution >= 0.6 is 0 Å². The summed E-state index contributed by atoms with van der Waals surface area (Å²) in [5, 5.41) is 0. The maximum Gasteiger partial charge on any atom is 0.321 e. The number of likely N-dealkylation sites (tertiary alicyclic amines) is 1. The fraction of sp³-hybridized carbons (Fsp3) is 0.500. The first-order valence-corrected chi connectivity index (χ1v) is 3.87. The lowest BCUT2D eigenvalue weighted by Crippen LogP contribution is -2.36. The van der Waals surface area contributed by atoms with Crippen molar-refractivity contribution >= 4 is 11.9 Å². The molecule has 0 unspecified atom stereocenters. The van der Waals surface area contributed by atoms with Crippen molar-refractivity contribution in [1.82, 2.24) is 4.90 Å². The molecule has 1 rings (SSSR count). The number of ether oxygens (including phenoxy) is 1. The van der Waals surface area contributed by atoms with E-state index in [0.29, 0.717) is 13.0 Å². The largest absolute Gasteiger partial charge is 0.505 e. The van der Waals surface area contributed by atoms with Gasteiger partial charge in [-0.25, -0.2) is 4.79 Å². The molecule has 74 valence electrons. The summed E-state index contributed by atoms with van der Waals surface area (Å²) in [6, 6.07) is -0.627. The molecule has 0 aromatic heterocycles. The average Bonchev–Trinajstić information content (AvgIpc) is 2.52. The quantitative estimate of drug-likeness (QED) is 0.605. The number of nitrogens with zero attached hydrogens (tertiary/aromatic N) is 1. The number of nitrogens with two attached hydrogens (primary N) is 1. The molecule has 0 aromatic carbocycles. The molecule has 1 aliphatic rings. The lowest BCUT2D eigenvalue weighted by Gasteiger charge is -2.07. The molecule has 0 aromatic rings. The van der Waals surface area contributed by atoms with E-state index >= 15 is 0 Å². The van der Waals surface area contributed by atoms with Crippen molar-refractivity contribution in [3.05, 3.63) is 12.8 Å². The molecule has 0 saturated carbocycles. The Morgan fingerprint density at radius 1 is 1.77 bits per heavy atom. The smallest absolute Gasteiger partial charge is 0.321 e. The van der Waals surface area contributed by atoms with Crippen molar-refractivity contribution < 1.29 is 14.3 Å². The third kappa shape index (κ3) is 4.15. The van der Waals surface area contributed by atoms with Crippen LogP contribution in [0.15, 0.2) is 12.8 Å². The van der Waals surface area contributed by atoms with Crippen LogP contribution in [0.25, 0.3) is 0 Å². The maximum absolute atomic E-state index is 10.6. The number of carbonyl (C=O) groups excluding carboxylic acids is 2. The van der Waals surface area contributed by atoms with E-state index in [-0.39, 0.29) is 5.91 Å². The topological polar surface area (TPSA) is 72.6 Å². The Hall–Kier alpha value is -1.52. The fourth-order valence-electron chi connectivity index (χ4n) is 0.881. The third-order valence-corrected chi connectivity index (χ3v) is 1.51. The number of imide groups is 1. The van der Waals surface area contributed by atoms with Crippen LogP contribution < -0.4 is 5.73 Å². The molecule has 0 atom stereocenters. The van der Waals surface area contributed by atoms with Crippen LogP contribution in [0.3, 0.4) is 0 Å². The Bertz CT molecular complexity index is 204. The summed E-state index contributed by atoms with van der Waals surface area (Å²) in [4.78, 5) is 22.0. The number of hydrogen-bond donors (Lipinski definition) is 1. The summed E-state index contributed by atoms with van der Waals surface area (Å²) in [5.74, 6) is -0.150. The zero-order chi connectivity index (χ0) is 10.3. The Morgan fingerprint density at radius 3 is 2.46 bits per heavy atom. The molecule has 5 nitrogen and oxygen atoms in total. The summed E-state index contributed by atoms with van der Waals surface area (Å²) in [6.07, 6.45) is 2.59. The molecule has 0 bridgehead atoms. The number of rotatable bonds is 1. The average molecular weight is 186 g/mol. The molecule has 2 N–H and O–H groups in total. The van der Waals surface area contributed by atoms with E-state index in [9.17, 15) is 9.59 Å². The van der Waals surface area contributed by atoms with E-state index in [2.05, 4.69) is 11.3 Å². The molecule has 13 heavy (non-hydrogen) atoms. The van der Waals surface area contributed by atoms with Gasteiger partial charge in [0.15, 0.2) is 0 Å². The van der Waals surface area contributed by atoms with Crippen molar-refractivity contribution in [2.24, 2.45) is 5.73 Å². The van der Waals surface area contributed by atoms with E-state index in [1.807, 2.05) is 0 Å². The summed E-state index contributed by atoms with van der Waals surface area (Å²) in [5.41, 5.74) is 4.85. The predicted octanol–water partition coefficient (Wildman–Crippen LogP) is 0.464. The van der Waals surface area contributed by atoms with E-state index in [0.717, 1.165) is 11.3 Å². The van der Waals surface area contributed by atoms with Gasteiger partial charge in [-0.3, -0.25) is 9.69 Å². The van der Waals surface area contributed by atoms with E-state index in [1.54, 1.807) is 7.11 Å². The van der Waals surface area contributed by atoms with Crippen LogP contribution in [0, 0.1) is 0 Å². The predicted molar refractivity (Wildman–Crippen MR) is 47.7 cm³/mol. The first kappa shape index (κ1) is 11.5. The molecule has 1 saturated heterocycles. The molecule has 3 amide bonds. The molecule has 0 spiro atoms. The Labute approximate surface area is 77.1 Å². The van der Waals surface area contributed by atoms with Crippen molar-refractivity contribution in [1.29, 1.82) is 0 Å². The monoisotopic (exact) mass is 186 g/mol. The number of carbonyl (C=O) groups is 2. The van der Waals surface area contributed by atoms with Gasteiger partial charge in [-0.1, -0.05) is 6.58 Å². The van der Waals surface area contributed by atoms with Crippen LogP contribution in [-0.2, 0) is 9.53 Å². The standard InChI is InChI=1S/C5H8N2O2.C3H6O/c6-5(9)7-3-1-2-4(7)8;1-3-4-2/h1-3H2,(H2,6,9);3H,1H2,2H3. The normalized spacial score (nSPS) is 14.5. The molecule has 0 radical (unpaired) electrons. The number of methoxy groups -OCH3 is 1. The Morgan fingerprint density at radius 2 is 2.31 bits per heavy atom. The second-order valence-corrected chi connectivity index (χ2v) is 2.39. The summed E-state index contributed by atoms with van der Waals surface area (Å²) < 4.78 is 4.31. The van der Waals surface area contributed by atoms with Gasteiger partial charge >= 0.3 is 6.03 Å². The summed E-state index contributed by atoms with van der Waals surface area (Å²) in [7, 11) is 1.56. The SMILES string of the molecule is C=COC.NC(=O)N1CCCC1=O. The maximum atomic E-state index is 10.6. The Kier molecular flexibility index (Phi) is 5.34. The van der Waals surface area contributed by atoms with Gasteiger partial charge in [0.1, 0.15) is 0 Å². The van der Waals surface area contributed by atoms with Gasteiger partial charge in [0.05, 0.1) is 13.4 Å². The number of primary amides is 1. The number of urea groups is 1. The molecular weight excluding hydrogens is 172 g/mol.